The normalized spacial score (nSPS) is 44.6. The second kappa shape index (κ2) is 3.21. The maximum atomic E-state index is 3.74. The van der Waals surface area contributed by atoms with Gasteiger partial charge in [-0.1, -0.05) is 20.8 Å². The Morgan fingerprint density at radius 1 is 1.36 bits per heavy atom. The van der Waals surface area contributed by atoms with Crippen molar-refractivity contribution in [2.45, 2.75) is 51.6 Å². The lowest BCUT2D eigenvalue weighted by Crippen LogP contribution is -2.60. The molecule has 0 aromatic carbocycles. The van der Waals surface area contributed by atoms with Crippen LogP contribution in [0, 0.1) is 11.3 Å². The van der Waals surface area contributed by atoms with Gasteiger partial charge in [0.25, 0.3) is 0 Å². The highest BCUT2D eigenvalue weighted by Crippen LogP contribution is 2.57. The monoisotopic (exact) mass is 196 g/mol. The lowest BCUT2D eigenvalue weighted by Gasteiger charge is -2.44. The summed E-state index contributed by atoms with van der Waals surface area (Å²) in [6.07, 6.45) is 4.15. The maximum Gasteiger partial charge on any atom is 0.0343 e. The van der Waals surface area contributed by atoms with Gasteiger partial charge in [0.2, 0.25) is 0 Å². The fraction of sp³-hybridized carbons (Fsp3) is 1.00. The molecular formula is C12H24N2. The first kappa shape index (κ1) is 10.4. The molecule has 0 heterocycles. The molecule has 0 aromatic rings. The van der Waals surface area contributed by atoms with E-state index in [-0.39, 0.29) is 0 Å². The van der Waals surface area contributed by atoms with E-state index in [0.29, 0.717) is 17.0 Å². The zero-order valence-electron chi connectivity index (χ0n) is 9.98. The van der Waals surface area contributed by atoms with Gasteiger partial charge < -0.3 is 10.6 Å². The number of rotatable bonds is 3. The molecular weight excluding hydrogens is 172 g/mol. The molecule has 2 heteroatoms. The third kappa shape index (κ3) is 1.17. The van der Waals surface area contributed by atoms with Crippen LogP contribution in [0.15, 0.2) is 0 Å². The molecule has 0 aliphatic heterocycles. The number of hydrogen-bond acceptors (Lipinski definition) is 2. The molecule has 14 heavy (non-hydrogen) atoms. The lowest BCUT2D eigenvalue weighted by atomic mass is 9.71. The highest BCUT2D eigenvalue weighted by Gasteiger charge is 2.60. The van der Waals surface area contributed by atoms with Crippen LogP contribution in [0.4, 0.5) is 0 Å². The first-order valence-corrected chi connectivity index (χ1v) is 5.99. The van der Waals surface area contributed by atoms with Crippen LogP contribution < -0.4 is 10.6 Å². The van der Waals surface area contributed by atoms with Crippen molar-refractivity contribution in [2.24, 2.45) is 11.3 Å². The van der Waals surface area contributed by atoms with Crippen LogP contribution in [0.2, 0.25) is 0 Å². The topological polar surface area (TPSA) is 24.1 Å². The van der Waals surface area contributed by atoms with Crippen molar-refractivity contribution >= 4 is 0 Å². The van der Waals surface area contributed by atoms with Gasteiger partial charge in [-0.25, -0.2) is 0 Å². The minimum absolute atomic E-state index is 0.400. The van der Waals surface area contributed by atoms with Crippen LogP contribution in [0.3, 0.4) is 0 Å². The Labute approximate surface area is 87.8 Å². The van der Waals surface area contributed by atoms with Crippen molar-refractivity contribution in [1.82, 2.24) is 10.6 Å². The van der Waals surface area contributed by atoms with E-state index in [2.05, 4.69) is 38.5 Å². The van der Waals surface area contributed by atoms with Gasteiger partial charge in [-0.15, -0.1) is 0 Å². The molecule has 0 radical (unpaired) electrons. The maximum absolute atomic E-state index is 3.74. The van der Waals surface area contributed by atoms with Crippen LogP contribution >= 0.6 is 0 Å². The van der Waals surface area contributed by atoms with Gasteiger partial charge in [0.05, 0.1) is 0 Å². The molecule has 2 aliphatic carbocycles. The Kier molecular flexibility index (Phi) is 2.39. The van der Waals surface area contributed by atoms with Gasteiger partial charge in [-0.2, -0.15) is 0 Å². The smallest absolute Gasteiger partial charge is 0.0343 e. The van der Waals surface area contributed by atoms with Gasteiger partial charge >= 0.3 is 0 Å². The Morgan fingerprint density at radius 2 is 2.07 bits per heavy atom. The number of likely N-dealkylation sites (N-methyl/N-ethyl adjacent to an activating group) is 2. The van der Waals surface area contributed by atoms with Crippen LogP contribution in [0.5, 0.6) is 0 Å². The molecule has 0 aromatic heterocycles. The fourth-order valence-corrected chi connectivity index (χ4v) is 4.18. The minimum Gasteiger partial charge on any atom is -0.315 e. The summed E-state index contributed by atoms with van der Waals surface area (Å²) in [5.74, 6) is 0.916. The molecule has 2 aliphatic rings. The Hall–Kier alpha value is -0.0800. The molecule has 3 atom stereocenters. The zero-order chi connectivity index (χ0) is 10.4. The predicted octanol–water partition coefficient (Wildman–Crippen LogP) is 1.76. The summed E-state index contributed by atoms with van der Waals surface area (Å²) >= 11 is 0. The molecule has 0 amide bonds. The standard InChI is InChI=1S/C12H24N2/c1-5-14-12-7-6-9(8-12)11(2,3)10(12)13-4/h9-10,13-14H,5-8H2,1-4H3/t9-,10-,12-/m0/s1. The minimum atomic E-state index is 0.400. The van der Waals surface area contributed by atoms with Crippen LogP contribution in [-0.2, 0) is 0 Å². The SMILES string of the molecule is CCN[C@@]12CC[C@@H](C1)C(C)(C)[C@@H]2NC. The Balaban J connectivity index is 2.26. The Bertz CT molecular complexity index is 224. The summed E-state index contributed by atoms with van der Waals surface area (Å²) in [5.41, 5.74) is 0.868. The van der Waals surface area contributed by atoms with Crippen molar-refractivity contribution in [2.75, 3.05) is 13.6 Å². The summed E-state index contributed by atoms with van der Waals surface area (Å²) in [7, 11) is 2.12. The number of nitrogens with one attached hydrogen (secondary N) is 2. The summed E-state index contributed by atoms with van der Waals surface area (Å²) in [5, 5.41) is 7.29. The fourth-order valence-electron chi connectivity index (χ4n) is 4.18. The van der Waals surface area contributed by atoms with E-state index in [1.165, 1.54) is 19.3 Å². The summed E-state index contributed by atoms with van der Waals surface area (Å²) in [6, 6.07) is 0.647. The molecule has 0 saturated heterocycles. The van der Waals surface area contributed by atoms with Crippen molar-refractivity contribution < 1.29 is 0 Å². The zero-order valence-corrected chi connectivity index (χ0v) is 9.98. The molecule has 2 N–H and O–H groups in total. The van der Waals surface area contributed by atoms with E-state index in [1.54, 1.807) is 0 Å². The van der Waals surface area contributed by atoms with Gasteiger partial charge in [0.1, 0.15) is 0 Å². The number of hydrogen-bond donors (Lipinski definition) is 2. The van der Waals surface area contributed by atoms with Gasteiger partial charge in [-0.3, -0.25) is 0 Å². The molecule has 2 rings (SSSR count). The lowest BCUT2D eigenvalue weighted by molar-refractivity contribution is 0.128. The van der Waals surface area contributed by atoms with E-state index in [4.69, 9.17) is 0 Å². The van der Waals surface area contributed by atoms with Gasteiger partial charge in [-0.05, 0) is 44.2 Å². The third-order valence-corrected chi connectivity index (χ3v) is 4.72. The Morgan fingerprint density at radius 3 is 2.64 bits per heavy atom. The van der Waals surface area contributed by atoms with E-state index in [1.807, 2.05) is 0 Å². The van der Waals surface area contributed by atoms with E-state index < -0.39 is 0 Å². The predicted molar refractivity (Wildman–Crippen MR) is 60.4 cm³/mol. The van der Waals surface area contributed by atoms with Gasteiger partial charge in [0.15, 0.2) is 0 Å². The average molecular weight is 196 g/mol. The second-order valence-corrected chi connectivity index (χ2v) is 5.67. The molecule has 2 fully saturated rings. The summed E-state index contributed by atoms with van der Waals surface area (Å²) in [6.45, 7) is 8.18. The second-order valence-electron chi connectivity index (χ2n) is 5.67. The quantitative estimate of drug-likeness (QED) is 0.719. The van der Waals surface area contributed by atoms with Crippen LogP contribution in [0.1, 0.15) is 40.0 Å². The van der Waals surface area contributed by atoms with Gasteiger partial charge in [0, 0.05) is 11.6 Å². The molecule has 0 spiro atoms. The average Bonchev–Trinajstić information content (AvgIpc) is 2.58. The van der Waals surface area contributed by atoms with Crippen molar-refractivity contribution in [3.05, 3.63) is 0 Å². The molecule has 0 unspecified atom stereocenters. The first-order chi connectivity index (χ1) is 6.57. The van der Waals surface area contributed by atoms with E-state index in [0.717, 1.165) is 12.5 Å². The summed E-state index contributed by atoms with van der Waals surface area (Å²) < 4.78 is 0. The van der Waals surface area contributed by atoms with Crippen LogP contribution in [0.25, 0.3) is 0 Å². The highest BCUT2D eigenvalue weighted by molar-refractivity contribution is 5.18. The highest BCUT2D eigenvalue weighted by atomic mass is 15.1. The molecule has 2 nitrogen and oxygen atoms in total. The third-order valence-electron chi connectivity index (χ3n) is 4.72. The molecule has 2 saturated carbocycles. The molecule has 2 bridgehead atoms. The first-order valence-electron chi connectivity index (χ1n) is 5.99. The van der Waals surface area contributed by atoms with Crippen LogP contribution in [-0.4, -0.2) is 25.2 Å². The van der Waals surface area contributed by atoms with E-state index in [9.17, 15) is 0 Å². The number of fused-ring (bicyclic) bond motifs is 2. The van der Waals surface area contributed by atoms with Crippen molar-refractivity contribution in [3.8, 4) is 0 Å². The molecule has 82 valence electrons. The largest absolute Gasteiger partial charge is 0.315 e. The van der Waals surface area contributed by atoms with Crippen molar-refractivity contribution in [3.63, 3.8) is 0 Å². The van der Waals surface area contributed by atoms with E-state index >= 15 is 0 Å². The summed E-state index contributed by atoms with van der Waals surface area (Å²) in [4.78, 5) is 0. The van der Waals surface area contributed by atoms with Crippen molar-refractivity contribution in [1.29, 1.82) is 0 Å².